The maximum atomic E-state index is 5.44. The first-order valence-corrected chi connectivity index (χ1v) is 5.29. The topological polar surface area (TPSA) is 44.2 Å². The van der Waals surface area contributed by atoms with Crippen molar-refractivity contribution in [3.63, 3.8) is 0 Å². The van der Waals surface area contributed by atoms with Crippen molar-refractivity contribution in [2.24, 2.45) is 0 Å². The molecule has 3 rings (SSSR count). The van der Waals surface area contributed by atoms with Crippen molar-refractivity contribution in [2.45, 2.75) is 13.2 Å². The van der Waals surface area contributed by atoms with Gasteiger partial charge in [0.05, 0.1) is 24.4 Å². The fraction of sp³-hybridized carbons (Fsp3) is 0.333. The molecule has 1 fully saturated rings. The lowest BCUT2D eigenvalue weighted by atomic mass is 10.1. The Morgan fingerprint density at radius 1 is 1.25 bits per heavy atom. The smallest absolute Gasteiger partial charge is 0.185 e. The van der Waals surface area contributed by atoms with Crippen molar-refractivity contribution in [2.75, 3.05) is 13.2 Å². The molecule has 1 aliphatic heterocycles. The molecule has 1 aliphatic rings. The molecule has 0 spiro atoms. The second-order valence-corrected chi connectivity index (χ2v) is 3.81. The van der Waals surface area contributed by atoms with E-state index in [1.165, 1.54) is 0 Å². The molecule has 0 radical (unpaired) electrons. The van der Waals surface area contributed by atoms with E-state index in [2.05, 4.69) is 9.97 Å². The summed E-state index contributed by atoms with van der Waals surface area (Å²) in [5.41, 5.74) is 2.84. The van der Waals surface area contributed by atoms with E-state index in [0.717, 1.165) is 22.2 Å². The molecule has 0 N–H and O–H groups in total. The van der Waals surface area contributed by atoms with Gasteiger partial charge in [0.2, 0.25) is 0 Å². The molecule has 16 heavy (non-hydrogen) atoms. The van der Waals surface area contributed by atoms with Gasteiger partial charge in [-0.1, -0.05) is 0 Å². The average molecular weight is 216 g/mol. The Bertz CT molecular complexity index is 521. The molecule has 0 bridgehead atoms. The lowest BCUT2D eigenvalue weighted by Crippen LogP contribution is -1.99. The van der Waals surface area contributed by atoms with Crippen LogP contribution in [-0.4, -0.2) is 23.2 Å². The zero-order valence-corrected chi connectivity index (χ0v) is 9.01. The molecular formula is C12H12N2O2. The molecule has 2 aromatic rings. The normalized spacial score (nSPS) is 17.1. The molecule has 3 heterocycles. The molecule has 0 aromatic carbocycles. The molecular weight excluding hydrogens is 204 g/mol. The summed E-state index contributed by atoms with van der Waals surface area (Å²) in [5.74, 6) is 0. The van der Waals surface area contributed by atoms with E-state index < -0.39 is 0 Å². The molecule has 4 nitrogen and oxygen atoms in total. The molecule has 0 aliphatic carbocycles. The Labute approximate surface area is 93.2 Å². The van der Waals surface area contributed by atoms with Crippen LogP contribution in [-0.2, 0) is 9.47 Å². The van der Waals surface area contributed by atoms with Gasteiger partial charge in [0, 0.05) is 23.3 Å². The fourth-order valence-corrected chi connectivity index (χ4v) is 1.90. The van der Waals surface area contributed by atoms with E-state index in [4.69, 9.17) is 9.47 Å². The van der Waals surface area contributed by atoms with E-state index in [9.17, 15) is 0 Å². The van der Waals surface area contributed by atoms with Gasteiger partial charge < -0.3 is 9.47 Å². The molecule has 1 saturated heterocycles. The van der Waals surface area contributed by atoms with Crippen molar-refractivity contribution in [1.29, 1.82) is 0 Å². The zero-order chi connectivity index (χ0) is 11.0. The number of aromatic nitrogens is 2. The first kappa shape index (κ1) is 9.69. The Balaban J connectivity index is 2.08. The first-order chi connectivity index (χ1) is 7.84. The van der Waals surface area contributed by atoms with Gasteiger partial charge in [0.1, 0.15) is 0 Å². The van der Waals surface area contributed by atoms with E-state index in [-0.39, 0.29) is 6.29 Å². The number of rotatable bonds is 1. The van der Waals surface area contributed by atoms with Gasteiger partial charge in [-0.15, -0.1) is 0 Å². The average Bonchev–Trinajstić information content (AvgIpc) is 2.82. The molecule has 4 heteroatoms. The third kappa shape index (κ3) is 1.56. The van der Waals surface area contributed by atoms with Crippen LogP contribution in [0.2, 0.25) is 0 Å². The summed E-state index contributed by atoms with van der Waals surface area (Å²) in [5, 5.41) is 1.07. The summed E-state index contributed by atoms with van der Waals surface area (Å²) >= 11 is 0. The second kappa shape index (κ2) is 3.81. The Morgan fingerprint density at radius 3 is 2.88 bits per heavy atom. The molecule has 82 valence electrons. The standard InChI is InChI=1S/C12H12N2O2/c1-8-11-9(2-3-13-8)6-10(7-14-11)12-15-4-5-16-12/h2-3,6-7,12H,4-5H2,1H3. The number of ether oxygens (including phenoxy) is 2. The van der Waals surface area contributed by atoms with Gasteiger partial charge in [-0.3, -0.25) is 9.97 Å². The third-order valence-corrected chi connectivity index (χ3v) is 2.70. The summed E-state index contributed by atoms with van der Waals surface area (Å²) in [6.07, 6.45) is 3.33. The van der Waals surface area contributed by atoms with E-state index in [1.54, 1.807) is 12.4 Å². The molecule has 2 aromatic heterocycles. The monoisotopic (exact) mass is 216 g/mol. The highest BCUT2D eigenvalue weighted by Crippen LogP contribution is 2.25. The Kier molecular flexibility index (Phi) is 2.31. The van der Waals surface area contributed by atoms with E-state index in [0.29, 0.717) is 13.2 Å². The Morgan fingerprint density at radius 2 is 2.06 bits per heavy atom. The number of hydrogen-bond acceptors (Lipinski definition) is 4. The fourth-order valence-electron chi connectivity index (χ4n) is 1.90. The minimum absolute atomic E-state index is 0.259. The molecule has 0 unspecified atom stereocenters. The van der Waals surface area contributed by atoms with Crippen molar-refractivity contribution in [3.05, 3.63) is 35.8 Å². The van der Waals surface area contributed by atoms with Crippen LogP contribution >= 0.6 is 0 Å². The van der Waals surface area contributed by atoms with Crippen LogP contribution < -0.4 is 0 Å². The van der Waals surface area contributed by atoms with Crippen molar-refractivity contribution in [1.82, 2.24) is 9.97 Å². The lowest BCUT2D eigenvalue weighted by Gasteiger charge is -2.09. The van der Waals surface area contributed by atoms with Crippen LogP contribution in [0.3, 0.4) is 0 Å². The summed E-state index contributed by atoms with van der Waals surface area (Å²) < 4.78 is 10.9. The van der Waals surface area contributed by atoms with Crippen LogP contribution in [0.1, 0.15) is 17.5 Å². The largest absolute Gasteiger partial charge is 0.346 e. The summed E-state index contributed by atoms with van der Waals surface area (Å²) in [6, 6.07) is 4.00. The minimum Gasteiger partial charge on any atom is -0.346 e. The second-order valence-electron chi connectivity index (χ2n) is 3.81. The quantitative estimate of drug-likeness (QED) is 0.731. The van der Waals surface area contributed by atoms with Crippen molar-refractivity contribution in [3.8, 4) is 0 Å². The maximum Gasteiger partial charge on any atom is 0.185 e. The molecule has 0 amide bonds. The summed E-state index contributed by atoms with van der Waals surface area (Å²) in [6.45, 7) is 3.26. The van der Waals surface area contributed by atoms with Crippen LogP contribution in [0, 0.1) is 6.92 Å². The van der Waals surface area contributed by atoms with Crippen LogP contribution in [0.15, 0.2) is 24.5 Å². The number of pyridine rings is 2. The van der Waals surface area contributed by atoms with Gasteiger partial charge in [-0.25, -0.2) is 0 Å². The van der Waals surface area contributed by atoms with E-state index >= 15 is 0 Å². The summed E-state index contributed by atoms with van der Waals surface area (Å²) in [7, 11) is 0. The lowest BCUT2D eigenvalue weighted by molar-refractivity contribution is -0.0442. The molecule has 0 atom stereocenters. The zero-order valence-electron chi connectivity index (χ0n) is 9.01. The van der Waals surface area contributed by atoms with E-state index in [1.807, 2.05) is 19.1 Å². The third-order valence-electron chi connectivity index (χ3n) is 2.70. The van der Waals surface area contributed by atoms with Gasteiger partial charge >= 0.3 is 0 Å². The van der Waals surface area contributed by atoms with Gasteiger partial charge in [0.25, 0.3) is 0 Å². The number of nitrogens with zero attached hydrogens (tertiary/aromatic N) is 2. The number of hydrogen-bond donors (Lipinski definition) is 0. The van der Waals surface area contributed by atoms with Gasteiger partial charge in [-0.2, -0.15) is 0 Å². The highest BCUT2D eigenvalue weighted by molar-refractivity contribution is 5.80. The minimum atomic E-state index is -0.259. The van der Waals surface area contributed by atoms with Gasteiger partial charge in [-0.05, 0) is 19.1 Å². The molecule has 0 saturated carbocycles. The van der Waals surface area contributed by atoms with Gasteiger partial charge in [0.15, 0.2) is 6.29 Å². The van der Waals surface area contributed by atoms with Crippen LogP contribution in [0.4, 0.5) is 0 Å². The van der Waals surface area contributed by atoms with Crippen LogP contribution in [0.5, 0.6) is 0 Å². The predicted octanol–water partition coefficient (Wildman–Crippen LogP) is 1.98. The highest BCUT2D eigenvalue weighted by atomic mass is 16.7. The number of aryl methyl sites for hydroxylation is 1. The number of fused-ring (bicyclic) bond motifs is 1. The SMILES string of the molecule is Cc1nccc2cc(C3OCCO3)cnc12. The maximum absolute atomic E-state index is 5.44. The highest BCUT2D eigenvalue weighted by Gasteiger charge is 2.18. The Hall–Kier alpha value is -1.52. The van der Waals surface area contributed by atoms with Crippen molar-refractivity contribution >= 4 is 10.9 Å². The van der Waals surface area contributed by atoms with Crippen molar-refractivity contribution < 1.29 is 9.47 Å². The predicted molar refractivity (Wildman–Crippen MR) is 58.9 cm³/mol. The van der Waals surface area contributed by atoms with Crippen LogP contribution in [0.25, 0.3) is 10.9 Å². The first-order valence-electron chi connectivity index (χ1n) is 5.29. The summed E-state index contributed by atoms with van der Waals surface area (Å²) in [4.78, 5) is 8.61.